The van der Waals surface area contributed by atoms with Gasteiger partial charge < -0.3 is 25.6 Å². The molecular weight excluding hydrogens is 240 g/mol. The van der Waals surface area contributed by atoms with Crippen molar-refractivity contribution >= 4 is 11.9 Å². The Hall–Kier alpha value is -1.18. The summed E-state index contributed by atoms with van der Waals surface area (Å²) in [4.78, 5) is 23.6. The molecule has 1 amide bonds. The molecule has 0 aromatic rings. The Morgan fingerprint density at radius 2 is 2.00 bits per heavy atom. The molecule has 1 aliphatic heterocycles. The number of carbonyl (C=O) groups excluding carboxylic acids is 1. The van der Waals surface area contributed by atoms with Gasteiger partial charge in [-0.2, -0.15) is 0 Å². The number of nitrogens with zero attached hydrogens (tertiary/aromatic N) is 1. The van der Waals surface area contributed by atoms with Crippen molar-refractivity contribution in [1.82, 2.24) is 4.90 Å². The molecule has 0 aliphatic carbocycles. The number of likely N-dealkylation sites (N-methyl/N-ethyl adjacent to an activating group) is 1. The summed E-state index contributed by atoms with van der Waals surface area (Å²) in [5.41, 5.74) is 4.52. The van der Waals surface area contributed by atoms with Crippen molar-refractivity contribution in [2.75, 3.05) is 26.8 Å². The first-order valence-corrected chi connectivity index (χ1v) is 5.86. The van der Waals surface area contributed by atoms with E-state index >= 15 is 0 Å². The van der Waals surface area contributed by atoms with Gasteiger partial charge in [-0.3, -0.25) is 9.59 Å². The molecule has 7 nitrogen and oxygen atoms in total. The van der Waals surface area contributed by atoms with Gasteiger partial charge in [0.2, 0.25) is 5.91 Å². The maximum absolute atomic E-state index is 11.8. The Labute approximate surface area is 106 Å². The molecule has 104 valence electrons. The van der Waals surface area contributed by atoms with Crippen molar-refractivity contribution in [3.05, 3.63) is 0 Å². The van der Waals surface area contributed by atoms with Crippen LogP contribution in [0.5, 0.6) is 0 Å². The number of ether oxygens (including phenoxy) is 1. The second-order valence-corrected chi connectivity index (χ2v) is 4.74. The predicted molar refractivity (Wildman–Crippen MR) is 62.9 cm³/mol. The van der Waals surface area contributed by atoms with Crippen LogP contribution in [0.1, 0.15) is 19.3 Å². The third-order valence-corrected chi connectivity index (χ3v) is 3.04. The molecule has 4 N–H and O–H groups in total. The molecule has 1 heterocycles. The highest BCUT2D eigenvalue weighted by atomic mass is 16.5. The molecule has 7 heteroatoms. The monoisotopic (exact) mass is 260 g/mol. The van der Waals surface area contributed by atoms with Crippen molar-refractivity contribution < 1.29 is 24.5 Å². The van der Waals surface area contributed by atoms with Gasteiger partial charge in [-0.15, -0.1) is 0 Å². The summed E-state index contributed by atoms with van der Waals surface area (Å²) in [6.07, 6.45) is 0.502. The van der Waals surface area contributed by atoms with Crippen LogP contribution < -0.4 is 5.73 Å². The molecule has 1 atom stereocenters. The van der Waals surface area contributed by atoms with E-state index in [4.69, 9.17) is 15.6 Å². The number of rotatable bonds is 5. The van der Waals surface area contributed by atoms with Gasteiger partial charge in [0.15, 0.2) is 0 Å². The van der Waals surface area contributed by atoms with Gasteiger partial charge >= 0.3 is 5.97 Å². The lowest BCUT2D eigenvalue weighted by Gasteiger charge is -2.36. The van der Waals surface area contributed by atoms with E-state index in [2.05, 4.69) is 0 Å². The fourth-order valence-electron chi connectivity index (χ4n) is 1.99. The van der Waals surface area contributed by atoms with Crippen LogP contribution in [0.3, 0.4) is 0 Å². The van der Waals surface area contributed by atoms with Gasteiger partial charge in [0, 0.05) is 39.6 Å². The standard InChI is InChI=1S/C11H20N2O5/c1-13(10(16)8(12)6-9(14)15)7-11(17)2-4-18-5-3-11/h8,17H,2-7,12H2,1H3,(H,14,15). The SMILES string of the molecule is CN(CC1(O)CCOCC1)C(=O)C(N)CC(=O)O. The second kappa shape index (κ2) is 6.12. The summed E-state index contributed by atoms with van der Waals surface area (Å²) >= 11 is 0. The molecule has 1 unspecified atom stereocenters. The van der Waals surface area contributed by atoms with Crippen LogP contribution in [0.25, 0.3) is 0 Å². The first-order chi connectivity index (χ1) is 8.34. The van der Waals surface area contributed by atoms with Crippen molar-refractivity contribution in [3.63, 3.8) is 0 Å². The molecule has 0 spiro atoms. The zero-order chi connectivity index (χ0) is 13.8. The summed E-state index contributed by atoms with van der Waals surface area (Å²) in [6.45, 7) is 1.06. The number of carboxylic acid groups (broad SMARTS) is 1. The Bertz CT molecular complexity index is 315. The third-order valence-electron chi connectivity index (χ3n) is 3.04. The highest BCUT2D eigenvalue weighted by Gasteiger charge is 2.33. The average Bonchev–Trinajstić information content (AvgIpc) is 2.27. The molecule has 1 rings (SSSR count). The molecule has 1 fully saturated rings. The van der Waals surface area contributed by atoms with E-state index in [1.807, 2.05) is 0 Å². The summed E-state index contributed by atoms with van der Waals surface area (Å²) in [5.74, 6) is -1.59. The summed E-state index contributed by atoms with van der Waals surface area (Å²) in [7, 11) is 1.51. The number of carboxylic acids is 1. The highest BCUT2D eigenvalue weighted by Crippen LogP contribution is 2.21. The maximum Gasteiger partial charge on any atom is 0.305 e. The van der Waals surface area contributed by atoms with Crippen molar-refractivity contribution in [2.45, 2.75) is 30.9 Å². The normalized spacial score (nSPS) is 20.2. The van der Waals surface area contributed by atoms with Crippen molar-refractivity contribution in [3.8, 4) is 0 Å². The van der Waals surface area contributed by atoms with Crippen LogP contribution in [-0.2, 0) is 14.3 Å². The van der Waals surface area contributed by atoms with Crippen LogP contribution in [0.4, 0.5) is 0 Å². The fraction of sp³-hybridized carbons (Fsp3) is 0.818. The zero-order valence-electron chi connectivity index (χ0n) is 10.5. The number of amides is 1. The Morgan fingerprint density at radius 3 is 2.50 bits per heavy atom. The number of hydrogen-bond donors (Lipinski definition) is 3. The van der Waals surface area contributed by atoms with E-state index in [1.165, 1.54) is 11.9 Å². The smallest absolute Gasteiger partial charge is 0.305 e. The van der Waals surface area contributed by atoms with E-state index in [0.717, 1.165) is 0 Å². The molecule has 0 aromatic heterocycles. The van der Waals surface area contributed by atoms with Crippen LogP contribution in [0.15, 0.2) is 0 Å². The number of hydrogen-bond acceptors (Lipinski definition) is 5. The van der Waals surface area contributed by atoms with Gasteiger partial charge in [-0.05, 0) is 0 Å². The number of aliphatic carboxylic acids is 1. The quantitative estimate of drug-likeness (QED) is 0.571. The second-order valence-electron chi connectivity index (χ2n) is 4.74. The largest absolute Gasteiger partial charge is 0.481 e. The van der Waals surface area contributed by atoms with Gasteiger partial charge in [0.1, 0.15) is 0 Å². The molecular formula is C11H20N2O5. The van der Waals surface area contributed by atoms with E-state index in [0.29, 0.717) is 26.1 Å². The Kier molecular flexibility index (Phi) is 5.06. The number of aliphatic hydroxyl groups is 1. The summed E-state index contributed by atoms with van der Waals surface area (Å²) in [5, 5.41) is 18.8. The van der Waals surface area contributed by atoms with Crippen molar-refractivity contribution in [2.24, 2.45) is 5.73 Å². The van der Waals surface area contributed by atoms with Crippen LogP contribution >= 0.6 is 0 Å². The predicted octanol–water partition coefficient (Wildman–Crippen LogP) is -1.21. The first-order valence-electron chi connectivity index (χ1n) is 5.86. The van der Waals surface area contributed by atoms with E-state index in [1.54, 1.807) is 0 Å². The molecule has 1 aliphatic rings. The lowest BCUT2D eigenvalue weighted by atomic mass is 9.93. The van der Waals surface area contributed by atoms with Gasteiger partial charge in [-0.1, -0.05) is 0 Å². The number of nitrogens with two attached hydrogens (primary N) is 1. The molecule has 0 saturated carbocycles. The van der Waals surface area contributed by atoms with E-state index in [9.17, 15) is 14.7 Å². The molecule has 1 saturated heterocycles. The molecule has 0 radical (unpaired) electrons. The highest BCUT2D eigenvalue weighted by molar-refractivity contribution is 5.85. The zero-order valence-corrected chi connectivity index (χ0v) is 10.5. The minimum Gasteiger partial charge on any atom is -0.481 e. The third kappa shape index (κ3) is 4.25. The maximum atomic E-state index is 11.8. The lowest BCUT2D eigenvalue weighted by molar-refractivity contribution is -0.144. The summed E-state index contributed by atoms with van der Waals surface area (Å²) < 4.78 is 5.14. The minimum atomic E-state index is -1.12. The Morgan fingerprint density at radius 1 is 1.44 bits per heavy atom. The average molecular weight is 260 g/mol. The molecule has 0 bridgehead atoms. The lowest BCUT2D eigenvalue weighted by Crippen LogP contribution is -2.51. The first kappa shape index (κ1) is 14.9. The molecule has 0 aromatic carbocycles. The summed E-state index contributed by atoms with van der Waals surface area (Å²) in [6, 6.07) is -1.07. The van der Waals surface area contributed by atoms with E-state index < -0.39 is 29.9 Å². The van der Waals surface area contributed by atoms with Crippen LogP contribution in [0.2, 0.25) is 0 Å². The van der Waals surface area contributed by atoms with Crippen LogP contribution in [-0.4, -0.2) is 65.4 Å². The fourth-order valence-corrected chi connectivity index (χ4v) is 1.99. The topological polar surface area (TPSA) is 113 Å². The number of carbonyl (C=O) groups is 2. The van der Waals surface area contributed by atoms with Gasteiger partial charge in [-0.25, -0.2) is 0 Å². The van der Waals surface area contributed by atoms with Crippen molar-refractivity contribution in [1.29, 1.82) is 0 Å². The van der Waals surface area contributed by atoms with Gasteiger partial charge in [0.05, 0.1) is 18.1 Å². The van der Waals surface area contributed by atoms with Gasteiger partial charge in [0.25, 0.3) is 0 Å². The Balaban J connectivity index is 2.50. The minimum absolute atomic E-state index is 0.141. The van der Waals surface area contributed by atoms with Crippen LogP contribution in [0, 0.1) is 0 Å². The van der Waals surface area contributed by atoms with E-state index in [-0.39, 0.29) is 6.54 Å². The molecule has 18 heavy (non-hydrogen) atoms.